The molecule has 0 aliphatic carbocycles. The van der Waals surface area contributed by atoms with E-state index in [1.165, 1.54) is 11.3 Å². The predicted molar refractivity (Wildman–Crippen MR) is 78.3 cm³/mol. The van der Waals surface area contributed by atoms with Crippen molar-refractivity contribution in [3.63, 3.8) is 0 Å². The molecule has 19 heavy (non-hydrogen) atoms. The monoisotopic (exact) mass is 319 g/mol. The zero-order chi connectivity index (χ0) is 14.0. The highest BCUT2D eigenvalue weighted by Crippen LogP contribution is 2.31. The maximum atomic E-state index is 12.3. The number of aliphatic hydroxyl groups excluding tert-OH is 1. The van der Waals surface area contributed by atoms with Gasteiger partial charge >= 0.3 is 0 Å². The number of benzene rings is 1. The Kier molecular flexibility index (Phi) is 4.47. The number of halogens is 1. The van der Waals surface area contributed by atoms with E-state index in [4.69, 9.17) is 16.7 Å². The molecule has 7 heteroatoms. The SMILES string of the molecule is CCC(CO)NS(=O)(=O)c1csc2ccc(Cl)cc12. The fourth-order valence-electron chi connectivity index (χ4n) is 1.72. The molecule has 0 radical (unpaired) electrons. The van der Waals surface area contributed by atoms with E-state index in [0.29, 0.717) is 16.8 Å². The maximum Gasteiger partial charge on any atom is 0.242 e. The quantitative estimate of drug-likeness (QED) is 0.890. The van der Waals surface area contributed by atoms with Crippen molar-refractivity contribution in [2.45, 2.75) is 24.3 Å². The summed E-state index contributed by atoms with van der Waals surface area (Å²) >= 11 is 7.26. The molecule has 0 fully saturated rings. The first-order valence-corrected chi connectivity index (χ1v) is 8.52. The summed E-state index contributed by atoms with van der Waals surface area (Å²) < 4.78 is 27.9. The average Bonchev–Trinajstić information content (AvgIpc) is 2.79. The van der Waals surface area contributed by atoms with Gasteiger partial charge in [0.2, 0.25) is 10.0 Å². The van der Waals surface area contributed by atoms with Gasteiger partial charge < -0.3 is 5.11 Å². The van der Waals surface area contributed by atoms with Crippen LogP contribution in [0.1, 0.15) is 13.3 Å². The molecule has 0 saturated carbocycles. The van der Waals surface area contributed by atoms with E-state index in [9.17, 15) is 8.42 Å². The molecule has 1 aromatic heterocycles. The standard InChI is InChI=1S/C12H14ClNO3S2/c1-2-9(6-15)14-19(16,17)12-7-18-11-4-3-8(13)5-10(11)12/h3-5,7,9,14-15H,2,6H2,1H3. The van der Waals surface area contributed by atoms with Gasteiger partial charge in [-0.1, -0.05) is 18.5 Å². The van der Waals surface area contributed by atoms with Crippen LogP contribution in [0.4, 0.5) is 0 Å². The Morgan fingerprint density at radius 2 is 2.21 bits per heavy atom. The first kappa shape index (κ1) is 14.7. The Labute approximate surface area is 121 Å². The molecule has 1 aromatic carbocycles. The number of thiophene rings is 1. The zero-order valence-electron chi connectivity index (χ0n) is 10.3. The van der Waals surface area contributed by atoms with Crippen LogP contribution >= 0.6 is 22.9 Å². The second-order valence-electron chi connectivity index (χ2n) is 4.15. The third-order valence-electron chi connectivity index (χ3n) is 2.82. The first-order valence-electron chi connectivity index (χ1n) is 5.78. The van der Waals surface area contributed by atoms with Crippen molar-refractivity contribution in [3.05, 3.63) is 28.6 Å². The molecule has 1 unspecified atom stereocenters. The highest BCUT2D eigenvalue weighted by Gasteiger charge is 2.22. The number of hydrogen-bond donors (Lipinski definition) is 2. The Hall–Kier alpha value is -0.660. The molecule has 0 spiro atoms. The number of rotatable bonds is 5. The van der Waals surface area contributed by atoms with Gasteiger partial charge in [0.05, 0.1) is 6.61 Å². The highest BCUT2D eigenvalue weighted by molar-refractivity contribution is 7.90. The summed E-state index contributed by atoms with van der Waals surface area (Å²) in [6.07, 6.45) is 0.526. The molecule has 4 nitrogen and oxygen atoms in total. The van der Waals surface area contributed by atoms with Crippen molar-refractivity contribution in [1.82, 2.24) is 4.72 Å². The van der Waals surface area contributed by atoms with Gasteiger partial charge in [-0.2, -0.15) is 0 Å². The van der Waals surface area contributed by atoms with Crippen LogP contribution in [-0.2, 0) is 10.0 Å². The van der Waals surface area contributed by atoms with Gasteiger partial charge in [0, 0.05) is 26.5 Å². The molecule has 0 aliphatic heterocycles. The van der Waals surface area contributed by atoms with Crippen LogP contribution in [0.5, 0.6) is 0 Å². The van der Waals surface area contributed by atoms with E-state index < -0.39 is 16.1 Å². The lowest BCUT2D eigenvalue weighted by atomic mass is 10.3. The molecule has 0 aliphatic rings. The fourth-order valence-corrected chi connectivity index (χ4v) is 4.68. The topological polar surface area (TPSA) is 66.4 Å². The lowest BCUT2D eigenvalue weighted by molar-refractivity contribution is 0.254. The summed E-state index contributed by atoms with van der Waals surface area (Å²) in [4.78, 5) is 0.210. The Morgan fingerprint density at radius 1 is 1.47 bits per heavy atom. The molecule has 104 valence electrons. The average molecular weight is 320 g/mol. The summed E-state index contributed by atoms with van der Waals surface area (Å²) in [5.74, 6) is 0. The van der Waals surface area contributed by atoms with E-state index in [-0.39, 0.29) is 11.5 Å². The van der Waals surface area contributed by atoms with Crippen molar-refractivity contribution >= 4 is 43.0 Å². The minimum Gasteiger partial charge on any atom is -0.395 e. The Morgan fingerprint density at radius 3 is 2.84 bits per heavy atom. The lowest BCUT2D eigenvalue weighted by Crippen LogP contribution is -2.36. The Bertz CT molecular complexity index is 677. The molecule has 1 atom stereocenters. The number of aliphatic hydroxyl groups is 1. The molecular formula is C12H14ClNO3S2. The van der Waals surface area contributed by atoms with Gasteiger partial charge in [-0.25, -0.2) is 13.1 Å². The smallest absolute Gasteiger partial charge is 0.242 e. The molecule has 0 bridgehead atoms. The van der Waals surface area contributed by atoms with Crippen LogP contribution in [-0.4, -0.2) is 26.2 Å². The number of fused-ring (bicyclic) bond motifs is 1. The fraction of sp³-hybridized carbons (Fsp3) is 0.333. The van der Waals surface area contributed by atoms with Crippen molar-refractivity contribution in [3.8, 4) is 0 Å². The normalized spacial score (nSPS) is 13.8. The van der Waals surface area contributed by atoms with Crippen molar-refractivity contribution in [2.75, 3.05) is 6.61 Å². The molecule has 2 rings (SSSR count). The van der Waals surface area contributed by atoms with Gasteiger partial charge in [-0.3, -0.25) is 0 Å². The first-order chi connectivity index (χ1) is 8.97. The van der Waals surface area contributed by atoms with E-state index in [1.807, 2.05) is 6.92 Å². The van der Waals surface area contributed by atoms with E-state index in [1.54, 1.807) is 23.6 Å². The molecular weight excluding hydrogens is 306 g/mol. The zero-order valence-corrected chi connectivity index (χ0v) is 12.6. The molecule has 2 aromatic rings. The lowest BCUT2D eigenvalue weighted by Gasteiger charge is -2.13. The van der Waals surface area contributed by atoms with E-state index in [0.717, 1.165) is 4.70 Å². The highest BCUT2D eigenvalue weighted by atomic mass is 35.5. The Balaban J connectivity index is 2.46. The second-order valence-corrected chi connectivity index (χ2v) is 7.18. The van der Waals surface area contributed by atoms with Crippen molar-refractivity contribution in [2.24, 2.45) is 0 Å². The van der Waals surface area contributed by atoms with Gasteiger partial charge in [-0.15, -0.1) is 11.3 Å². The summed E-state index contributed by atoms with van der Waals surface area (Å²) in [5.41, 5.74) is 0. The predicted octanol–water partition coefficient (Wildman–Crippen LogP) is 2.60. The summed E-state index contributed by atoms with van der Waals surface area (Å²) in [7, 11) is -3.64. The van der Waals surface area contributed by atoms with Gasteiger partial charge in [-0.05, 0) is 24.6 Å². The molecule has 2 N–H and O–H groups in total. The third-order valence-corrected chi connectivity index (χ3v) is 5.73. The summed E-state index contributed by atoms with van der Waals surface area (Å²) in [6, 6.07) is 4.69. The number of nitrogens with one attached hydrogen (secondary N) is 1. The van der Waals surface area contributed by atoms with Gasteiger partial charge in [0.1, 0.15) is 4.90 Å². The minimum atomic E-state index is -3.64. The van der Waals surface area contributed by atoms with Crippen molar-refractivity contribution in [1.29, 1.82) is 0 Å². The second kappa shape index (κ2) is 5.76. The summed E-state index contributed by atoms with van der Waals surface area (Å²) in [6.45, 7) is 1.59. The van der Waals surface area contributed by atoms with Crippen LogP contribution in [0.25, 0.3) is 10.1 Å². The van der Waals surface area contributed by atoms with Crippen LogP contribution in [0, 0.1) is 0 Å². The number of sulfonamides is 1. The van der Waals surface area contributed by atoms with Crippen LogP contribution < -0.4 is 4.72 Å². The molecule has 0 saturated heterocycles. The largest absolute Gasteiger partial charge is 0.395 e. The molecule has 0 amide bonds. The third kappa shape index (κ3) is 3.09. The molecule has 1 heterocycles. The van der Waals surface area contributed by atoms with Crippen molar-refractivity contribution < 1.29 is 13.5 Å². The van der Waals surface area contributed by atoms with Gasteiger partial charge in [0.15, 0.2) is 0 Å². The van der Waals surface area contributed by atoms with Crippen LogP contribution in [0.15, 0.2) is 28.5 Å². The van der Waals surface area contributed by atoms with Crippen LogP contribution in [0.3, 0.4) is 0 Å². The minimum absolute atomic E-state index is 0.210. The number of hydrogen-bond acceptors (Lipinski definition) is 4. The van der Waals surface area contributed by atoms with Crippen LogP contribution in [0.2, 0.25) is 5.02 Å². The van der Waals surface area contributed by atoms with Gasteiger partial charge in [0.25, 0.3) is 0 Å². The maximum absolute atomic E-state index is 12.3. The summed E-state index contributed by atoms with van der Waals surface area (Å²) in [5, 5.41) is 11.8. The van der Waals surface area contributed by atoms with E-state index >= 15 is 0 Å². The van der Waals surface area contributed by atoms with E-state index in [2.05, 4.69) is 4.72 Å².